The molecule has 0 aromatic heterocycles. The first-order chi connectivity index (χ1) is 14.8. The molecule has 2 fully saturated rings. The summed E-state index contributed by atoms with van der Waals surface area (Å²) in [5.41, 5.74) is 1.91. The molecule has 5 aliphatic rings. The number of cyclic esters (lactones) is 1. The van der Waals surface area contributed by atoms with Crippen molar-refractivity contribution in [2.75, 3.05) is 13.7 Å². The number of hydrogen-bond donors (Lipinski definition) is 1. The fraction of sp³-hybridized carbons (Fsp3) is 0.500. The molecule has 162 valence electrons. The molecule has 1 aromatic rings. The summed E-state index contributed by atoms with van der Waals surface area (Å²) in [5.74, 6) is -2.94. The van der Waals surface area contributed by atoms with E-state index < -0.39 is 34.8 Å². The standard InChI is InChI=1S/C24H24O7/c1-13-18(25)16-12-24(27)20(13)30-22-7-3-8-23(22,31-24)17-10-14(4-5-15(17)11-22)6-9-29-21(26)19(16)28-2/h4-5,10,12,19,27H,3,6-9,11H2,1-2H3/t19-,22?,23?,24+/m1/s1. The van der Waals surface area contributed by atoms with Crippen molar-refractivity contribution in [1.29, 1.82) is 0 Å². The minimum absolute atomic E-state index is 0.00548. The molecule has 0 radical (unpaired) electrons. The first-order valence-corrected chi connectivity index (χ1v) is 10.7. The topological polar surface area (TPSA) is 91.3 Å². The van der Waals surface area contributed by atoms with Crippen LogP contribution in [0.4, 0.5) is 0 Å². The third kappa shape index (κ3) is 2.29. The number of Topliss-reactive ketones (excluding diaryl/α,β-unsaturated/α-hetero) is 1. The highest BCUT2D eigenvalue weighted by Gasteiger charge is 2.70. The van der Waals surface area contributed by atoms with Crippen LogP contribution in [0.15, 0.2) is 41.2 Å². The lowest BCUT2D eigenvalue weighted by atomic mass is 9.80. The molecule has 7 nitrogen and oxygen atoms in total. The molecule has 0 amide bonds. The lowest BCUT2D eigenvalue weighted by molar-refractivity contribution is -0.329. The number of fused-ring (bicyclic) bond motifs is 1. The highest BCUT2D eigenvalue weighted by Crippen LogP contribution is 2.64. The number of carbonyl (C=O) groups is 2. The number of allylic oxidation sites excluding steroid dienone is 1. The summed E-state index contributed by atoms with van der Waals surface area (Å²) in [4.78, 5) is 25.9. The number of ether oxygens (including phenoxy) is 4. The van der Waals surface area contributed by atoms with Crippen LogP contribution in [0.5, 0.6) is 0 Å². The fourth-order valence-corrected chi connectivity index (χ4v) is 6.16. The van der Waals surface area contributed by atoms with Crippen molar-refractivity contribution in [2.24, 2.45) is 0 Å². The van der Waals surface area contributed by atoms with Gasteiger partial charge in [0.25, 0.3) is 0 Å². The summed E-state index contributed by atoms with van der Waals surface area (Å²) in [6, 6.07) is 6.20. The number of aliphatic hydroxyl groups is 1. The van der Waals surface area contributed by atoms with Gasteiger partial charge in [-0.15, -0.1) is 0 Å². The van der Waals surface area contributed by atoms with Gasteiger partial charge in [-0.05, 0) is 49.0 Å². The second-order valence-electron chi connectivity index (χ2n) is 9.16. The van der Waals surface area contributed by atoms with E-state index in [0.29, 0.717) is 19.3 Å². The first kappa shape index (κ1) is 19.2. The molecule has 5 bridgehead atoms. The monoisotopic (exact) mass is 424 g/mol. The predicted octanol–water partition coefficient (Wildman–Crippen LogP) is 1.99. The average molecular weight is 424 g/mol. The number of hydrogen-bond acceptors (Lipinski definition) is 7. The Morgan fingerprint density at radius 1 is 1.23 bits per heavy atom. The van der Waals surface area contributed by atoms with Crippen LogP contribution in [0.1, 0.15) is 42.9 Å². The van der Waals surface area contributed by atoms with E-state index in [9.17, 15) is 14.7 Å². The summed E-state index contributed by atoms with van der Waals surface area (Å²) < 4.78 is 24.0. The molecule has 6 rings (SSSR count). The second kappa shape index (κ2) is 6.06. The summed E-state index contributed by atoms with van der Waals surface area (Å²) in [7, 11) is 1.34. The van der Waals surface area contributed by atoms with Crippen LogP contribution in [0.2, 0.25) is 0 Å². The zero-order valence-corrected chi connectivity index (χ0v) is 17.5. The molecular weight excluding hydrogens is 400 g/mol. The van der Waals surface area contributed by atoms with Crippen molar-refractivity contribution < 1.29 is 33.6 Å². The lowest BCUT2D eigenvalue weighted by Crippen LogP contribution is -2.61. The van der Waals surface area contributed by atoms with Crippen molar-refractivity contribution in [3.63, 3.8) is 0 Å². The minimum atomic E-state index is -1.97. The van der Waals surface area contributed by atoms with E-state index >= 15 is 0 Å². The molecule has 31 heavy (non-hydrogen) atoms. The molecule has 4 atom stereocenters. The molecule has 3 aliphatic carbocycles. The van der Waals surface area contributed by atoms with Gasteiger partial charge in [0.1, 0.15) is 11.2 Å². The van der Waals surface area contributed by atoms with Gasteiger partial charge in [-0.2, -0.15) is 0 Å². The van der Waals surface area contributed by atoms with Gasteiger partial charge in [0.2, 0.25) is 5.79 Å². The van der Waals surface area contributed by atoms with Gasteiger partial charge < -0.3 is 24.1 Å². The fourth-order valence-electron chi connectivity index (χ4n) is 6.16. The van der Waals surface area contributed by atoms with Crippen LogP contribution in [-0.2, 0) is 47.0 Å². The van der Waals surface area contributed by atoms with Crippen LogP contribution in [-0.4, -0.2) is 48.1 Å². The van der Waals surface area contributed by atoms with Gasteiger partial charge in [0, 0.05) is 31.1 Å². The molecule has 1 aromatic carbocycles. The van der Waals surface area contributed by atoms with Crippen molar-refractivity contribution in [1.82, 2.24) is 0 Å². The Bertz CT molecular complexity index is 1100. The lowest BCUT2D eigenvalue weighted by Gasteiger charge is -2.52. The van der Waals surface area contributed by atoms with Crippen LogP contribution >= 0.6 is 0 Å². The van der Waals surface area contributed by atoms with E-state index in [4.69, 9.17) is 18.9 Å². The summed E-state index contributed by atoms with van der Waals surface area (Å²) in [6.07, 6.45) is 3.58. The molecule has 1 saturated carbocycles. The third-order valence-corrected chi connectivity index (χ3v) is 7.55. The Morgan fingerprint density at radius 2 is 2.06 bits per heavy atom. The zero-order chi connectivity index (χ0) is 21.6. The van der Waals surface area contributed by atoms with Crippen molar-refractivity contribution in [2.45, 2.75) is 62.1 Å². The van der Waals surface area contributed by atoms with E-state index in [1.807, 2.05) is 6.07 Å². The number of rotatable bonds is 1. The number of methoxy groups -OCH3 is 1. The SMILES string of the molecule is CO[C@H]1C(=O)OCCc2ccc3c(c2)C24CCCC2(C3)OC2=C(C)C(=O)C1=C[C@]2(O)O4. The molecular formula is C24H24O7. The maximum Gasteiger partial charge on any atom is 0.340 e. The Morgan fingerprint density at radius 3 is 2.87 bits per heavy atom. The molecule has 7 heteroatoms. The minimum Gasteiger partial charge on any atom is -0.481 e. The smallest absolute Gasteiger partial charge is 0.340 e. The van der Waals surface area contributed by atoms with Gasteiger partial charge in [-0.3, -0.25) is 4.79 Å². The summed E-state index contributed by atoms with van der Waals surface area (Å²) >= 11 is 0. The van der Waals surface area contributed by atoms with Gasteiger partial charge in [0.15, 0.2) is 17.6 Å². The average Bonchev–Trinajstić information content (AvgIpc) is 3.21. The predicted molar refractivity (Wildman–Crippen MR) is 107 cm³/mol. The third-order valence-electron chi connectivity index (χ3n) is 7.55. The quantitative estimate of drug-likeness (QED) is 0.690. The van der Waals surface area contributed by atoms with Gasteiger partial charge in [0.05, 0.1) is 6.61 Å². The number of ketones is 1. The normalized spacial score (nSPS) is 38.2. The highest BCUT2D eigenvalue weighted by atomic mass is 16.7. The molecule has 2 aliphatic heterocycles. The van der Waals surface area contributed by atoms with Gasteiger partial charge in [-0.1, -0.05) is 18.2 Å². The number of benzene rings is 1. The van der Waals surface area contributed by atoms with E-state index in [-0.39, 0.29) is 23.5 Å². The van der Waals surface area contributed by atoms with E-state index in [0.717, 1.165) is 29.5 Å². The summed E-state index contributed by atoms with van der Waals surface area (Å²) in [6.45, 7) is 1.76. The molecule has 1 saturated heterocycles. The Balaban J connectivity index is 1.62. The zero-order valence-electron chi connectivity index (χ0n) is 17.5. The van der Waals surface area contributed by atoms with Crippen LogP contribution in [0.25, 0.3) is 0 Å². The molecule has 2 unspecified atom stereocenters. The van der Waals surface area contributed by atoms with E-state index in [1.165, 1.54) is 13.2 Å². The van der Waals surface area contributed by atoms with Crippen LogP contribution in [0.3, 0.4) is 0 Å². The van der Waals surface area contributed by atoms with Gasteiger partial charge in [-0.25, -0.2) is 4.79 Å². The van der Waals surface area contributed by atoms with Crippen LogP contribution < -0.4 is 0 Å². The van der Waals surface area contributed by atoms with Crippen LogP contribution in [0, 0.1) is 0 Å². The number of esters is 1. The molecule has 1 spiro atoms. The largest absolute Gasteiger partial charge is 0.481 e. The maximum atomic E-state index is 13.2. The van der Waals surface area contributed by atoms with Crippen molar-refractivity contribution >= 4 is 11.8 Å². The van der Waals surface area contributed by atoms with E-state index in [1.54, 1.807) is 6.92 Å². The Hall–Kier alpha value is -2.48. The van der Waals surface area contributed by atoms with E-state index in [2.05, 4.69) is 12.1 Å². The first-order valence-electron chi connectivity index (χ1n) is 10.7. The molecule has 1 N–H and O–H groups in total. The summed E-state index contributed by atoms with van der Waals surface area (Å²) in [5, 5.41) is 11.7. The Labute approximate surface area is 179 Å². The highest BCUT2D eigenvalue weighted by molar-refractivity contribution is 6.13. The maximum absolute atomic E-state index is 13.2. The second-order valence-corrected chi connectivity index (χ2v) is 9.16. The van der Waals surface area contributed by atoms with Gasteiger partial charge >= 0.3 is 5.97 Å². The Kier molecular flexibility index (Phi) is 3.76. The van der Waals surface area contributed by atoms with Crippen molar-refractivity contribution in [3.8, 4) is 0 Å². The molecule has 2 heterocycles. The van der Waals surface area contributed by atoms with Crippen molar-refractivity contribution in [3.05, 3.63) is 57.9 Å². The number of carbonyl (C=O) groups excluding carboxylic acids is 2.